The second-order valence-corrected chi connectivity index (χ2v) is 6.14. The fraction of sp³-hybridized carbons (Fsp3) is 0.562. The Balaban J connectivity index is 2.18. The summed E-state index contributed by atoms with van der Waals surface area (Å²) in [5.41, 5.74) is 6.18. The highest BCUT2D eigenvalue weighted by molar-refractivity contribution is 6.13. The summed E-state index contributed by atoms with van der Waals surface area (Å²) in [6.45, 7) is 6.44. The van der Waals surface area contributed by atoms with Gasteiger partial charge in [0.1, 0.15) is 11.6 Å². The van der Waals surface area contributed by atoms with Crippen LogP contribution >= 0.6 is 0 Å². The number of nitrogens with two attached hydrogens (primary N) is 1. The van der Waals surface area contributed by atoms with Crippen molar-refractivity contribution < 1.29 is 14.4 Å². The van der Waals surface area contributed by atoms with Crippen molar-refractivity contribution in [2.45, 2.75) is 39.7 Å². The summed E-state index contributed by atoms with van der Waals surface area (Å²) in [6.07, 6.45) is 3.46. The van der Waals surface area contributed by atoms with E-state index in [0.717, 1.165) is 12.8 Å². The molecule has 1 aliphatic rings. The van der Waals surface area contributed by atoms with Gasteiger partial charge in [-0.2, -0.15) is 0 Å². The topological polar surface area (TPSA) is 85.5 Å². The molecule has 6 nitrogen and oxygen atoms in total. The van der Waals surface area contributed by atoms with Crippen molar-refractivity contribution in [2.24, 2.45) is 17.6 Å². The standard InChI is InChI=1S/C16H23N3O3/c1-10(2)6-7-11(3)22-19-9-12(16(17)21)15(20)14-13(19)5-4-8-18-14/h4-5,8,10-12H,6-7,9H2,1-3H3,(H2,17,21). The molecule has 0 aliphatic carbocycles. The van der Waals surface area contributed by atoms with E-state index in [-0.39, 0.29) is 24.1 Å². The van der Waals surface area contributed by atoms with Gasteiger partial charge in [-0.05, 0) is 37.8 Å². The van der Waals surface area contributed by atoms with E-state index in [1.165, 1.54) is 6.20 Å². The van der Waals surface area contributed by atoms with Crippen LogP contribution in [0.1, 0.15) is 44.1 Å². The number of carbonyl (C=O) groups is 2. The van der Waals surface area contributed by atoms with Crippen LogP contribution in [-0.2, 0) is 9.63 Å². The minimum atomic E-state index is -0.917. The predicted molar refractivity (Wildman–Crippen MR) is 83.2 cm³/mol. The van der Waals surface area contributed by atoms with Crippen LogP contribution in [0.4, 0.5) is 5.69 Å². The number of nitrogens with zero attached hydrogens (tertiary/aromatic N) is 2. The van der Waals surface area contributed by atoms with Gasteiger partial charge in [-0.25, -0.2) is 0 Å². The van der Waals surface area contributed by atoms with E-state index < -0.39 is 11.8 Å². The number of rotatable bonds is 6. The molecule has 2 heterocycles. The lowest BCUT2D eigenvalue weighted by Crippen LogP contribution is -2.46. The lowest BCUT2D eigenvalue weighted by molar-refractivity contribution is -0.120. The van der Waals surface area contributed by atoms with Gasteiger partial charge in [0.05, 0.1) is 18.3 Å². The van der Waals surface area contributed by atoms with Gasteiger partial charge in [0.15, 0.2) is 5.78 Å². The number of amides is 1. The number of hydrogen-bond donors (Lipinski definition) is 1. The number of fused-ring (bicyclic) bond motifs is 1. The van der Waals surface area contributed by atoms with Crippen LogP contribution < -0.4 is 10.8 Å². The maximum absolute atomic E-state index is 12.3. The van der Waals surface area contributed by atoms with E-state index >= 15 is 0 Å². The van der Waals surface area contributed by atoms with E-state index in [4.69, 9.17) is 10.6 Å². The number of hydroxylamine groups is 1. The summed E-state index contributed by atoms with van der Waals surface area (Å²) >= 11 is 0. The highest BCUT2D eigenvalue weighted by Gasteiger charge is 2.37. The molecule has 6 heteroatoms. The molecule has 0 spiro atoms. The molecule has 0 saturated carbocycles. The van der Waals surface area contributed by atoms with Gasteiger partial charge in [0.25, 0.3) is 0 Å². The first-order valence-electron chi connectivity index (χ1n) is 7.63. The second kappa shape index (κ2) is 6.87. The van der Waals surface area contributed by atoms with Gasteiger partial charge in [0.2, 0.25) is 5.91 Å². The van der Waals surface area contributed by atoms with Crippen molar-refractivity contribution in [3.63, 3.8) is 0 Å². The van der Waals surface area contributed by atoms with Crippen molar-refractivity contribution in [1.82, 2.24) is 4.98 Å². The van der Waals surface area contributed by atoms with Crippen molar-refractivity contribution in [3.05, 3.63) is 24.0 Å². The van der Waals surface area contributed by atoms with Crippen molar-refractivity contribution in [2.75, 3.05) is 11.6 Å². The number of primary amides is 1. The SMILES string of the molecule is CC(C)CCC(C)ON1CC(C(N)=O)C(=O)c2ncccc21. The van der Waals surface area contributed by atoms with Crippen LogP contribution in [0, 0.1) is 11.8 Å². The van der Waals surface area contributed by atoms with E-state index in [1.54, 1.807) is 17.2 Å². The minimum absolute atomic E-state index is 0.0165. The first kappa shape index (κ1) is 16.4. The zero-order valence-electron chi connectivity index (χ0n) is 13.3. The molecule has 0 aromatic carbocycles. The van der Waals surface area contributed by atoms with Gasteiger partial charge in [-0.3, -0.25) is 24.5 Å². The van der Waals surface area contributed by atoms with Crippen LogP contribution in [-0.4, -0.2) is 29.3 Å². The molecular formula is C16H23N3O3. The third-order valence-corrected chi connectivity index (χ3v) is 3.75. The molecule has 1 amide bonds. The molecular weight excluding hydrogens is 282 g/mol. The Hall–Kier alpha value is -1.95. The first-order valence-corrected chi connectivity index (χ1v) is 7.63. The number of Topliss-reactive ketones (excluding diaryl/α,β-unsaturated/α-hetero) is 1. The Morgan fingerprint density at radius 3 is 2.82 bits per heavy atom. The Kier molecular flexibility index (Phi) is 5.13. The zero-order chi connectivity index (χ0) is 16.3. The van der Waals surface area contributed by atoms with Gasteiger partial charge >= 0.3 is 0 Å². The molecule has 1 aliphatic heterocycles. The van der Waals surface area contributed by atoms with Crippen LogP contribution in [0.2, 0.25) is 0 Å². The fourth-order valence-corrected chi connectivity index (χ4v) is 2.46. The molecule has 1 aromatic heterocycles. The average molecular weight is 305 g/mol. The van der Waals surface area contributed by atoms with Gasteiger partial charge in [-0.15, -0.1) is 0 Å². The van der Waals surface area contributed by atoms with Crippen LogP contribution in [0.15, 0.2) is 18.3 Å². The maximum Gasteiger partial charge on any atom is 0.230 e. The van der Waals surface area contributed by atoms with E-state index in [1.807, 2.05) is 6.92 Å². The van der Waals surface area contributed by atoms with Crippen molar-refractivity contribution in [1.29, 1.82) is 0 Å². The molecule has 0 saturated heterocycles. The molecule has 2 atom stereocenters. The van der Waals surface area contributed by atoms with E-state index in [2.05, 4.69) is 18.8 Å². The Morgan fingerprint density at radius 2 is 2.18 bits per heavy atom. The first-order chi connectivity index (χ1) is 10.4. The van der Waals surface area contributed by atoms with Crippen molar-refractivity contribution >= 4 is 17.4 Å². The molecule has 120 valence electrons. The summed E-state index contributed by atoms with van der Waals surface area (Å²) in [7, 11) is 0. The number of carbonyl (C=O) groups excluding carboxylic acids is 2. The zero-order valence-corrected chi connectivity index (χ0v) is 13.3. The number of anilines is 1. The van der Waals surface area contributed by atoms with Crippen LogP contribution in [0.25, 0.3) is 0 Å². The lowest BCUT2D eigenvalue weighted by atomic mass is 9.95. The Bertz CT molecular complexity index is 559. The molecule has 0 radical (unpaired) electrons. The molecule has 0 bridgehead atoms. The third kappa shape index (κ3) is 3.62. The number of hydrogen-bond acceptors (Lipinski definition) is 5. The predicted octanol–water partition coefficient (Wildman–Crippen LogP) is 1.94. The minimum Gasteiger partial charge on any atom is -0.369 e. The highest BCUT2D eigenvalue weighted by Crippen LogP contribution is 2.29. The summed E-state index contributed by atoms with van der Waals surface area (Å²) in [5, 5.41) is 1.59. The highest BCUT2D eigenvalue weighted by atomic mass is 16.7. The number of ketones is 1. The second-order valence-electron chi connectivity index (χ2n) is 6.14. The monoisotopic (exact) mass is 305 g/mol. The number of aromatic nitrogens is 1. The van der Waals surface area contributed by atoms with E-state index in [0.29, 0.717) is 11.6 Å². The molecule has 22 heavy (non-hydrogen) atoms. The normalized spacial score (nSPS) is 19.2. The average Bonchev–Trinajstić information content (AvgIpc) is 2.48. The van der Waals surface area contributed by atoms with Gasteiger partial charge in [0, 0.05) is 6.20 Å². The quantitative estimate of drug-likeness (QED) is 0.812. The Labute approximate surface area is 130 Å². The third-order valence-electron chi connectivity index (χ3n) is 3.75. The summed E-state index contributed by atoms with van der Waals surface area (Å²) in [5.74, 6) is -1.30. The van der Waals surface area contributed by atoms with Crippen LogP contribution in [0.5, 0.6) is 0 Å². The van der Waals surface area contributed by atoms with Gasteiger partial charge in [-0.1, -0.05) is 13.8 Å². The Morgan fingerprint density at radius 1 is 1.45 bits per heavy atom. The largest absolute Gasteiger partial charge is 0.369 e. The van der Waals surface area contributed by atoms with Crippen LogP contribution in [0.3, 0.4) is 0 Å². The maximum atomic E-state index is 12.3. The fourth-order valence-electron chi connectivity index (χ4n) is 2.46. The van der Waals surface area contributed by atoms with E-state index in [9.17, 15) is 9.59 Å². The molecule has 1 aromatic rings. The molecule has 2 N–H and O–H groups in total. The molecule has 0 fully saturated rings. The lowest BCUT2D eigenvalue weighted by Gasteiger charge is -2.34. The van der Waals surface area contributed by atoms with Gasteiger partial charge < -0.3 is 5.73 Å². The summed E-state index contributed by atoms with van der Waals surface area (Å²) in [6, 6.07) is 3.51. The van der Waals surface area contributed by atoms with Crippen molar-refractivity contribution in [3.8, 4) is 0 Å². The smallest absolute Gasteiger partial charge is 0.230 e. The summed E-state index contributed by atoms with van der Waals surface area (Å²) < 4.78 is 0. The molecule has 2 unspecified atom stereocenters. The number of pyridine rings is 1. The summed E-state index contributed by atoms with van der Waals surface area (Å²) in [4.78, 5) is 33.8. The molecule has 2 rings (SSSR count).